The lowest BCUT2D eigenvalue weighted by Crippen LogP contribution is -2.29. The Morgan fingerprint density at radius 3 is 2.81 bits per heavy atom. The van der Waals surface area contributed by atoms with E-state index in [0.717, 1.165) is 49.8 Å². The number of aliphatic hydroxyl groups is 1. The molecule has 9 heteroatoms. The zero-order valence-electron chi connectivity index (χ0n) is 17.2. The number of ether oxygens (including phenoxy) is 1. The molecule has 1 saturated carbocycles. The fourth-order valence-corrected chi connectivity index (χ4v) is 4.36. The third kappa shape index (κ3) is 4.46. The second kappa shape index (κ2) is 8.74. The fraction of sp³-hybridized carbons (Fsp3) is 0.455. The first-order valence-corrected chi connectivity index (χ1v) is 10.4. The number of nitrogens with zero attached hydrogens (tertiary/aromatic N) is 3. The second-order valence-electron chi connectivity index (χ2n) is 7.93. The lowest BCUT2D eigenvalue weighted by molar-refractivity contribution is -0.137. The first-order chi connectivity index (χ1) is 14.9. The van der Waals surface area contributed by atoms with Gasteiger partial charge in [0.2, 0.25) is 5.95 Å². The van der Waals surface area contributed by atoms with E-state index in [1.165, 1.54) is 13.2 Å². The van der Waals surface area contributed by atoms with Crippen molar-refractivity contribution < 1.29 is 23.0 Å². The maximum Gasteiger partial charge on any atom is 0.416 e. The van der Waals surface area contributed by atoms with Gasteiger partial charge in [0.05, 0.1) is 18.2 Å². The van der Waals surface area contributed by atoms with Crippen LogP contribution in [0.1, 0.15) is 37.7 Å². The average molecular weight is 434 g/mol. The largest absolute Gasteiger partial charge is 0.496 e. The Morgan fingerprint density at radius 2 is 2.06 bits per heavy atom. The van der Waals surface area contributed by atoms with Crippen molar-refractivity contribution in [3.8, 4) is 17.0 Å². The number of fused-ring (bicyclic) bond motifs is 1. The number of methoxy groups -OCH3 is 1. The molecule has 1 aliphatic rings. The number of alkyl halides is 3. The molecule has 2 N–H and O–H groups in total. The predicted octanol–water partition coefficient (Wildman–Crippen LogP) is 4.78. The minimum Gasteiger partial charge on any atom is -0.496 e. The summed E-state index contributed by atoms with van der Waals surface area (Å²) in [4.78, 5) is 0. The van der Waals surface area contributed by atoms with Gasteiger partial charge in [-0.25, -0.2) is 0 Å². The summed E-state index contributed by atoms with van der Waals surface area (Å²) in [5.74, 6) is 1.16. The molecule has 1 aromatic carbocycles. The number of hydrogen-bond acceptors (Lipinski definition) is 5. The molecule has 31 heavy (non-hydrogen) atoms. The van der Waals surface area contributed by atoms with Gasteiger partial charge in [0, 0.05) is 24.4 Å². The van der Waals surface area contributed by atoms with Crippen LogP contribution in [0.4, 0.5) is 19.1 Å². The number of benzene rings is 1. The summed E-state index contributed by atoms with van der Waals surface area (Å²) in [7, 11) is 1.34. The van der Waals surface area contributed by atoms with Crippen LogP contribution in [0.5, 0.6) is 5.75 Å². The van der Waals surface area contributed by atoms with E-state index < -0.39 is 11.7 Å². The Balaban J connectivity index is 1.66. The van der Waals surface area contributed by atoms with E-state index >= 15 is 0 Å². The van der Waals surface area contributed by atoms with Crippen LogP contribution < -0.4 is 10.1 Å². The maximum absolute atomic E-state index is 13.1. The van der Waals surface area contributed by atoms with Gasteiger partial charge in [-0.05, 0) is 55.5 Å². The van der Waals surface area contributed by atoms with Crippen LogP contribution >= 0.6 is 0 Å². The molecule has 0 radical (unpaired) electrons. The second-order valence-corrected chi connectivity index (χ2v) is 7.93. The number of aromatic nitrogens is 3. The monoisotopic (exact) mass is 434 g/mol. The number of halogens is 3. The van der Waals surface area contributed by atoms with Gasteiger partial charge >= 0.3 is 6.18 Å². The van der Waals surface area contributed by atoms with E-state index in [0.29, 0.717) is 23.1 Å². The minimum atomic E-state index is -4.45. The summed E-state index contributed by atoms with van der Waals surface area (Å²) in [6.07, 6.45) is 2.38. The van der Waals surface area contributed by atoms with Crippen LogP contribution in [0.3, 0.4) is 0 Å². The van der Waals surface area contributed by atoms with Crippen LogP contribution in [-0.4, -0.2) is 39.5 Å². The topological polar surface area (TPSA) is 71.7 Å². The van der Waals surface area contributed by atoms with E-state index in [1.54, 1.807) is 0 Å². The first-order valence-electron chi connectivity index (χ1n) is 10.4. The lowest BCUT2D eigenvalue weighted by Gasteiger charge is -2.29. The normalized spacial score (nSPS) is 19.5. The zero-order valence-corrected chi connectivity index (χ0v) is 17.2. The summed E-state index contributed by atoms with van der Waals surface area (Å²) >= 11 is 0. The molecule has 2 aromatic heterocycles. The first kappa shape index (κ1) is 21.4. The molecule has 3 aromatic rings. The fourth-order valence-electron chi connectivity index (χ4n) is 4.36. The third-order valence-corrected chi connectivity index (χ3v) is 5.90. The third-order valence-electron chi connectivity index (χ3n) is 5.90. The van der Waals surface area contributed by atoms with Gasteiger partial charge in [-0.15, -0.1) is 10.2 Å². The Hall–Kier alpha value is -2.81. The summed E-state index contributed by atoms with van der Waals surface area (Å²) in [5.41, 5.74) is 0.834. The van der Waals surface area contributed by atoms with Gasteiger partial charge in [-0.1, -0.05) is 12.8 Å². The van der Waals surface area contributed by atoms with Gasteiger partial charge in [-0.2, -0.15) is 13.2 Å². The Bertz CT molecular complexity index is 1050. The predicted molar refractivity (Wildman–Crippen MR) is 111 cm³/mol. The van der Waals surface area contributed by atoms with Gasteiger partial charge in [0.25, 0.3) is 0 Å². The van der Waals surface area contributed by atoms with E-state index in [9.17, 15) is 18.3 Å². The summed E-state index contributed by atoms with van der Waals surface area (Å²) in [6, 6.07) is 7.30. The Morgan fingerprint density at radius 1 is 1.23 bits per heavy atom. The molecule has 1 aliphatic carbocycles. The molecule has 166 valence electrons. The standard InChI is InChI=1S/C22H25F3N4O2/c1-31-19-13-15(22(23,24)25)7-8-17(19)20-18-6-3-10-29(18)21(28-27-20)26-16-5-2-4-14(12-16)9-11-30/h3,6-8,10,13-14,16,30H,2,4-5,9,11-12H2,1H3,(H,26,28)/t14?,16-/m1/s1. The molecule has 6 nitrogen and oxygen atoms in total. The number of anilines is 1. The highest BCUT2D eigenvalue weighted by Gasteiger charge is 2.32. The molecule has 4 rings (SSSR count). The molecule has 0 saturated heterocycles. The SMILES string of the molecule is COc1cc(C(F)(F)F)ccc1-c1nnc(N[C@@H]2CCCC(CCO)C2)n2cccc12. The molecule has 0 bridgehead atoms. The number of aliphatic hydroxyl groups excluding tert-OH is 1. The van der Waals surface area contributed by atoms with Gasteiger partial charge in [0.15, 0.2) is 0 Å². The van der Waals surface area contributed by atoms with Gasteiger partial charge in [0.1, 0.15) is 11.4 Å². The van der Waals surface area contributed by atoms with Crippen molar-refractivity contribution in [2.45, 2.75) is 44.3 Å². The lowest BCUT2D eigenvalue weighted by atomic mass is 9.84. The maximum atomic E-state index is 13.1. The summed E-state index contributed by atoms with van der Waals surface area (Å²) < 4.78 is 46.3. The van der Waals surface area contributed by atoms with E-state index in [2.05, 4.69) is 15.5 Å². The van der Waals surface area contributed by atoms with Crippen LogP contribution in [0.25, 0.3) is 16.8 Å². The zero-order chi connectivity index (χ0) is 22.0. The minimum absolute atomic E-state index is 0.0899. The van der Waals surface area contributed by atoms with E-state index in [-0.39, 0.29) is 18.4 Å². The van der Waals surface area contributed by atoms with Crippen LogP contribution in [0, 0.1) is 5.92 Å². The molecular formula is C22H25F3N4O2. The van der Waals surface area contributed by atoms with Gasteiger partial charge in [-0.3, -0.25) is 4.40 Å². The van der Waals surface area contributed by atoms with E-state index in [1.807, 2.05) is 22.7 Å². The van der Waals surface area contributed by atoms with Crippen molar-refractivity contribution in [2.24, 2.45) is 5.92 Å². The van der Waals surface area contributed by atoms with E-state index in [4.69, 9.17) is 4.74 Å². The number of rotatable bonds is 6. The highest BCUT2D eigenvalue weighted by atomic mass is 19.4. The molecule has 2 heterocycles. The Kier molecular flexibility index (Phi) is 6.04. The summed E-state index contributed by atoms with van der Waals surface area (Å²) in [5, 5.41) is 21.4. The van der Waals surface area contributed by atoms with Crippen molar-refractivity contribution in [3.63, 3.8) is 0 Å². The quantitative estimate of drug-likeness (QED) is 0.584. The van der Waals surface area contributed by atoms with Crippen molar-refractivity contribution in [2.75, 3.05) is 19.0 Å². The average Bonchev–Trinajstić information content (AvgIpc) is 3.24. The van der Waals surface area contributed by atoms with Crippen molar-refractivity contribution in [3.05, 3.63) is 42.1 Å². The smallest absolute Gasteiger partial charge is 0.416 e. The molecule has 0 aliphatic heterocycles. The highest BCUT2D eigenvalue weighted by molar-refractivity contribution is 5.81. The van der Waals surface area contributed by atoms with Crippen LogP contribution in [-0.2, 0) is 6.18 Å². The Labute approximate surface area is 178 Å². The molecule has 1 unspecified atom stereocenters. The highest BCUT2D eigenvalue weighted by Crippen LogP contribution is 2.38. The summed E-state index contributed by atoms with van der Waals surface area (Å²) in [6.45, 7) is 0.197. The van der Waals surface area contributed by atoms with Crippen LogP contribution in [0.2, 0.25) is 0 Å². The van der Waals surface area contributed by atoms with Crippen molar-refractivity contribution >= 4 is 11.5 Å². The van der Waals surface area contributed by atoms with Crippen LogP contribution in [0.15, 0.2) is 36.5 Å². The van der Waals surface area contributed by atoms with Crippen molar-refractivity contribution in [1.82, 2.24) is 14.6 Å². The molecule has 0 spiro atoms. The molecular weight excluding hydrogens is 409 g/mol. The number of hydrogen-bond donors (Lipinski definition) is 2. The van der Waals surface area contributed by atoms with Gasteiger partial charge < -0.3 is 15.2 Å². The molecule has 0 amide bonds. The number of nitrogens with one attached hydrogen (secondary N) is 1. The van der Waals surface area contributed by atoms with Crippen molar-refractivity contribution in [1.29, 1.82) is 0 Å². The molecule has 1 fully saturated rings. The molecule has 2 atom stereocenters.